The summed E-state index contributed by atoms with van der Waals surface area (Å²) in [6.45, 7) is 18.4. The van der Waals surface area contributed by atoms with Crippen molar-refractivity contribution >= 4 is 19.1 Å². The molecule has 0 radical (unpaired) electrons. The Labute approximate surface area is 241 Å². The molecule has 0 heterocycles. The number of nitrogens with zero attached hydrogens (tertiary/aromatic N) is 1. The summed E-state index contributed by atoms with van der Waals surface area (Å²) in [4.78, 5) is 2.53. The lowest BCUT2D eigenvalue weighted by Gasteiger charge is -2.32. The minimum absolute atomic E-state index is 0.313. The molecule has 0 aromatic heterocycles. The van der Waals surface area contributed by atoms with Gasteiger partial charge in [-0.15, -0.1) is 0 Å². The monoisotopic (exact) mass is 568 g/mol. The average Bonchev–Trinajstić information content (AvgIpc) is 2.93. The number of hydrogen-bond acceptors (Lipinski definition) is 5. The van der Waals surface area contributed by atoms with Gasteiger partial charge in [-0.3, -0.25) is 14.1 Å². The van der Waals surface area contributed by atoms with Crippen molar-refractivity contribution in [1.82, 2.24) is 0 Å². The Morgan fingerprint density at radius 1 is 0.795 bits per heavy atom. The van der Waals surface area contributed by atoms with E-state index >= 15 is 0 Å². The lowest BCUT2D eigenvalue weighted by Crippen LogP contribution is -2.31. The fraction of sp³-hybridized carbons (Fsp3) is 0.812. The Morgan fingerprint density at radius 2 is 1.41 bits per heavy atom. The van der Waals surface area contributed by atoms with Crippen LogP contribution in [0.3, 0.4) is 0 Å². The molecule has 0 aliphatic carbocycles. The molecule has 2 atom stereocenters. The molecule has 6 nitrogen and oxygen atoms in total. The molecular weight excluding hydrogens is 507 g/mol. The van der Waals surface area contributed by atoms with Gasteiger partial charge in [0.15, 0.2) is 0 Å². The highest BCUT2D eigenvalue weighted by Crippen LogP contribution is 2.48. The standard InChI is InChI=1S/C32H61N2O4P/c1-8-15-18-19-24-34(26-28(11-4)20-16-9-2)31-25-30(33-39(35,37-13-6)38-14-7)22-23-32(31)36-27-29(12-5)21-17-10-3/h22-23,25,28-29H,8-21,24,26-27H2,1-7H3,(H,33,35). The number of unbranched alkanes of at least 4 members (excludes halogenated alkanes) is 5. The number of ether oxygens (including phenoxy) is 1. The molecule has 0 aliphatic heterocycles. The van der Waals surface area contributed by atoms with E-state index in [-0.39, 0.29) is 0 Å². The summed E-state index contributed by atoms with van der Waals surface area (Å²) in [5.41, 5.74) is 1.82. The van der Waals surface area contributed by atoms with Gasteiger partial charge in [-0.05, 0) is 63.1 Å². The topological polar surface area (TPSA) is 60.0 Å². The first-order chi connectivity index (χ1) is 18.9. The number of rotatable bonds is 25. The summed E-state index contributed by atoms with van der Waals surface area (Å²) < 4.78 is 30.9. The SMILES string of the molecule is CCCCCCN(CC(CC)CCCC)c1cc(NP(=O)(OCC)OCC)ccc1OCC(CC)CCCC. The van der Waals surface area contributed by atoms with Crippen LogP contribution in [0.15, 0.2) is 18.2 Å². The van der Waals surface area contributed by atoms with Gasteiger partial charge in [0, 0.05) is 18.8 Å². The van der Waals surface area contributed by atoms with Crippen LogP contribution >= 0.6 is 7.75 Å². The summed E-state index contributed by atoms with van der Waals surface area (Å²) in [7, 11) is -3.44. The van der Waals surface area contributed by atoms with E-state index in [1.165, 1.54) is 64.2 Å². The first-order valence-corrected chi connectivity index (χ1v) is 17.6. The van der Waals surface area contributed by atoms with Crippen LogP contribution in [-0.2, 0) is 13.6 Å². The summed E-state index contributed by atoms with van der Waals surface area (Å²) in [5, 5.41) is 3.09. The first kappa shape index (κ1) is 35.8. The van der Waals surface area contributed by atoms with Gasteiger partial charge in [0.1, 0.15) is 5.75 Å². The highest BCUT2D eigenvalue weighted by Gasteiger charge is 2.25. The molecule has 7 heteroatoms. The van der Waals surface area contributed by atoms with Crippen LogP contribution in [0.5, 0.6) is 5.75 Å². The lowest BCUT2D eigenvalue weighted by atomic mass is 9.98. The maximum absolute atomic E-state index is 13.3. The van der Waals surface area contributed by atoms with Gasteiger partial charge in [-0.2, -0.15) is 0 Å². The Bertz CT molecular complexity index is 781. The van der Waals surface area contributed by atoms with Crippen LogP contribution in [0, 0.1) is 11.8 Å². The molecule has 0 amide bonds. The zero-order valence-electron chi connectivity index (χ0n) is 26.4. The summed E-state index contributed by atoms with van der Waals surface area (Å²) in [5.74, 6) is 2.10. The molecule has 1 aromatic carbocycles. The van der Waals surface area contributed by atoms with E-state index < -0.39 is 7.75 Å². The van der Waals surface area contributed by atoms with Crippen molar-refractivity contribution in [3.8, 4) is 5.75 Å². The Hall–Kier alpha value is -1.23. The molecule has 0 saturated heterocycles. The highest BCUT2D eigenvalue weighted by atomic mass is 31.2. The van der Waals surface area contributed by atoms with Crippen molar-refractivity contribution in [3.63, 3.8) is 0 Å². The van der Waals surface area contributed by atoms with Gasteiger partial charge in [0.05, 0.1) is 25.5 Å². The van der Waals surface area contributed by atoms with Crippen molar-refractivity contribution in [3.05, 3.63) is 18.2 Å². The third-order valence-corrected chi connectivity index (χ3v) is 9.21. The van der Waals surface area contributed by atoms with E-state index in [2.05, 4.69) is 50.7 Å². The van der Waals surface area contributed by atoms with E-state index in [1.807, 2.05) is 26.0 Å². The van der Waals surface area contributed by atoms with Gasteiger partial charge >= 0.3 is 7.75 Å². The summed E-state index contributed by atoms with van der Waals surface area (Å²) in [6.07, 6.45) is 14.5. The third kappa shape index (κ3) is 14.3. The van der Waals surface area contributed by atoms with Gasteiger partial charge in [-0.1, -0.05) is 92.4 Å². The molecule has 0 aliphatic rings. The molecule has 2 unspecified atom stereocenters. The minimum Gasteiger partial charge on any atom is -0.491 e. The van der Waals surface area contributed by atoms with Gasteiger partial charge < -0.3 is 9.64 Å². The molecule has 0 saturated carbocycles. The third-order valence-electron chi connectivity index (χ3n) is 7.49. The van der Waals surface area contributed by atoms with Crippen LogP contribution in [0.25, 0.3) is 0 Å². The van der Waals surface area contributed by atoms with E-state index in [4.69, 9.17) is 13.8 Å². The van der Waals surface area contributed by atoms with Crippen molar-refractivity contribution in [2.45, 2.75) is 126 Å². The number of nitrogens with one attached hydrogen (secondary N) is 1. The molecule has 0 spiro atoms. The Balaban J connectivity index is 3.39. The maximum atomic E-state index is 13.3. The predicted octanol–water partition coefficient (Wildman–Crippen LogP) is 10.5. The first-order valence-electron chi connectivity index (χ1n) is 16.1. The molecular formula is C32H61N2O4P. The van der Waals surface area contributed by atoms with Gasteiger partial charge in [-0.25, -0.2) is 4.57 Å². The number of anilines is 2. The molecule has 1 rings (SSSR count). The molecule has 1 aromatic rings. The van der Waals surface area contributed by atoms with Crippen molar-refractivity contribution in [1.29, 1.82) is 0 Å². The van der Waals surface area contributed by atoms with E-state index in [9.17, 15) is 4.57 Å². The largest absolute Gasteiger partial charge is 0.491 e. The fourth-order valence-corrected chi connectivity index (χ4v) is 6.27. The van der Waals surface area contributed by atoms with Gasteiger partial charge in [0.25, 0.3) is 0 Å². The summed E-state index contributed by atoms with van der Waals surface area (Å²) in [6, 6.07) is 6.08. The smallest absolute Gasteiger partial charge is 0.432 e. The van der Waals surface area contributed by atoms with Crippen LogP contribution in [0.1, 0.15) is 126 Å². The van der Waals surface area contributed by atoms with Crippen LogP contribution in [-0.4, -0.2) is 32.9 Å². The second-order valence-electron chi connectivity index (χ2n) is 10.8. The number of hydrogen-bond donors (Lipinski definition) is 1. The van der Waals surface area contributed by atoms with E-state index in [1.54, 1.807) is 0 Å². The van der Waals surface area contributed by atoms with E-state index in [0.717, 1.165) is 49.7 Å². The molecule has 0 fully saturated rings. The van der Waals surface area contributed by atoms with Crippen molar-refractivity contribution < 1.29 is 18.3 Å². The molecule has 1 N–H and O–H groups in total. The van der Waals surface area contributed by atoms with Crippen molar-refractivity contribution in [2.24, 2.45) is 11.8 Å². The normalized spacial score (nSPS) is 13.3. The maximum Gasteiger partial charge on any atom is 0.432 e. The lowest BCUT2D eigenvalue weighted by molar-refractivity contribution is 0.225. The highest BCUT2D eigenvalue weighted by molar-refractivity contribution is 7.55. The zero-order chi connectivity index (χ0) is 28.9. The van der Waals surface area contributed by atoms with Crippen LogP contribution < -0.4 is 14.7 Å². The number of benzene rings is 1. The van der Waals surface area contributed by atoms with Gasteiger partial charge in [0.2, 0.25) is 0 Å². The Morgan fingerprint density at radius 3 is 1.97 bits per heavy atom. The van der Waals surface area contributed by atoms with Crippen LogP contribution in [0.4, 0.5) is 11.4 Å². The predicted molar refractivity (Wildman–Crippen MR) is 169 cm³/mol. The second kappa shape index (κ2) is 21.5. The molecule has 0 bridgehead atoms. The quantitative estimate of drug-likeness (QED) is 0.0935. The second-order valence-corrected chi connectivity index (χ2v) is 12.5. The van der Waals surface area contributed by atoms with Crippen molar-refractivity contribution in [2.75, 3.05) is 42.9 Å². The molecule has 39 heavy (non-hydrogen) atoms. The van der Waals surface area contributed by atoms with E-state index in [0.29, 0.717) is 25.0 Å². The average molecular weight is 569 g/mol. The Kier molecular flexibility index (Phi) is 19.7. The summed E-state index contributed by atoms with van der Waals surface area (Å²) >= 11 is 0. The fourth-order valence-electron chi connectivity index (χ4n) is 4.93. The zero-order valence-corrected chi connectivity index (χ0v) is 27.3. The molecule has 228 valence electrons. The van der Waals surface area contributed by atoms with Crippen LogP contribution in [0.2, 0.25) is 0 Å². The minimum atomic E-state index is -3.44.